The minimum atomic E-state index is -0.676. The number of phenols is 1. The quantitative estimate of drug-likeness (QED) is 0.434. The summed E-state index contributed by atoms with van der Waals surface area (Å²) in [5, 5.41) is 12.4. The number of aromatic hydroxyl groups is 1. The number of nitrogens with zero attached hydrogens (tertiary/aromatic N) is 1. The lowest BCUT2D eigenvalue weighted by atomic mass is 10.1. The number of fused-ring (bicyclic) bond motifs is 1. The van der Waals surface area contributed by atoms with E-state index in [9.17, 15) is 24.3 Å². The third-order valence-electron chi connectivity index (χ3n) is 3.93. The molecule has 0 atom stereocenters. The van der Waals surface area contributed by atoms with Crippen molar-refractivity contribution in [2.75, 3.05) is 19.0 Å². The Labute approximate surface area is 161 Å². The number of phenolic OH excluding ortho intramolecular Hbond substituents is 1. The minimum Gasteiger partial charge on any atom is -0.506 e. The number of hydrogen-bond acceptors (Lipinski definition) is 6. The van der Waals surface area contributed by atoms with E-state index in [1.54, 1.807) is 6.07 Å². The van der Waals surface area contributed by atoms with Gasteiger partial charge in [0, 0.05) is 4.47 Å². The second kappa shape index (κ2) is 7.20. The van der Waals surface area contributed by atoms with Crippen molar-refractivity contribution in [1.29, 1.82) is 0 Å². The summed E-state index contributed by atoms with van der Waals surface area (Å²) < 4.78 is 5.18. The van der Waals surface area contributed by atoms with Gasteiger partial charge >= 0.3 is 5.97 Å². The van der Waals surface area contributed by atoms with Crippen molar-refractivity contribution in [3.63, 3.8) is 0 Å². The van der Waals surface area contributed by atoms with Crippen LogP contribution in [0.5, 0.6) is 5.75 Å². The van der Waals surface area contributed by atoms with Gasteiger partial charge in [0.15, 0.2) is 0 Å². The fourth-order valence-electron chi connectivity index (χ4n) is 2.62. The molecule has 3 amide bonds. The van der Waals surface area contributed by atoms with Crippen molar-refractivity contribution < 1.29 is 29.0 Å². The SMILES string of the molecule is COC(=O)c1ccc(NC(=O)CN2C(=O)c3ccc(Br)cc3C2=O)c(O)c1. The number of imide groups is 1. The van der Waals surface area contributed by atoms with Gasteiger partial charge in [-0.2, -0.15) is 0 Å². The highest BCUT2D eigenvalue weighted by Gasteiger charge is 2.36. The van der Waals surface area contributed by atoms with Gasteiger partial charge in [-0.25, -0.2) is 4.79 Å². The van der Waals surface area contributed by atoms with Crippen molar-refractivity contribution in [3.8, 4) is 5.75 Å². The molecular weight excluding hydrogens is 420 g/mol. The molecular formula is C18H13BrN2O6. The largest absolute Gasteiger partial charge is 0.506 e. The molecule has 2 aromatic carbocycles. The standard InChI is InChI=1S/C18H13BrN2O6/c1-27-18(26)9-2-5-13(14(22)6-9)20-15(23)8-21-16(24)11-4-3-10(19)7-12(11)17(21)25/h2-7,22H,8H2,1H3,(H,20,23). The number of anilines is 1. The first-order valence-electron chi connectivity index (χ1n) is 7.68. The van der Waals surface area contributed by atoms with Crippen LogP contribution in [0.1, 0.15) is 31.1 Å². The molecule has 2 N–H and O–H groups in total. The van der Waals surface area contributed by atoms with Crippen molar-refractivity contribution in [2.45, 2.75) is 0 Å². The van der Waals surface area contributed by atoms with E-state index in [2.05, 4.69) is 26.0 Å². The molecule has 0 fully saturated rings. The Hall–Kier alpha value is -3.20. The number of hydrogen-bond donors (Lipinski definition) is 2. The van der Waals surface area contributed by atoms with Crippen LogP contribution in [0, 0.1) is 0 Å². The van der Waals surface area contributed by atoms with E-state index in [1.807, 2.05) is 0 Å². The lowest BCUT2D eigenvalue weighted by molar-refractivity contribution is -0.116. The van der Waals surface area contributed by atoms with Gasteiger partial charge in [-0.1, -0.05) is 15.9 Å². The average molecular weight is 433 g/mol. The van der Waals surface area contributed by atoms with Gasteiger partial charge < -0.3 is 15.2 Å². The monoisotopic (exact) mass is 432 g/mol. The molecule has 1 heterocycles. The van der Waals surface area contributed by atoms with E-state index in [-0.39, 0.29) is 28.1 Å². The van der Waals surface area contributed by atoms with Gasteiger partial charge in [0.25, 0.3) is 11.8 Å². The van der Waals surface area contributed by atoms with Crippen molar-refractivity contribution >= 4 is 45.3 Å². The molecule has 0 saturated carbocycles. The summed E-state index contributed by atoms with van der Waals surface area (Å²) in [5.41, 5.74) is 0.583. The zero-order valence-corrected chi connectivity index (χ0v) is 15.6. The van der Waals surface area contributed by atoms with Crippen LogP contribution in [0.2, 0.25) is 0 Å². The second-order valence-electron chi connectivity index (χ2n) is 5.66. The van der Waals surface area contributed by atoms with Gasteiger partial charge in [-0.05, 0) is 36.4 Å². The van der Waals surface area contributed by atoms with E-state index >= 15 is 0 Å². The van der Waals surface area contributed by atoms with Gasteiger partial charge in [0.2, 0.25) is 5.91 Å². The van der Waals surface area contributed by atoms with Crippen LogP contribution in [0.25, 0.3) is 0 Å². The number of rotatable bonds is 4. The molecule has 27 heavy (non-hydrogen) atoms. The Morgan fingerprint density at radius 2 is 1.81 bits per heavy atom. The van der Waals surface area contributed by atoms with E-state index in [0.29, 0.717) is 4.47 Å². The topological polar surface area (TPSA) is 113 Å². The zero-order chi connectivity index (χ0) is 19.7. The molecule has 0 saturated heterocycles. The van der Waals surface area contributed by atoms with Crippen LogP contribution in [0.4, 0.5) is 5.69 Å². The van der Waals surface area contributed by atoms with Gasteiger partial charge in [-0.3, -0.25) is 19.3 Å². The molecule has 0 radical (unpaired) electrons. The summed E-state index contributed by atoms with van der Waals surface area (Å²) in [6.45, 7) is -0.512. The Morgan fingerprint density at radius 3 is 2.48 bits per heavy atom. The number of halogens is 1. The third-order valence-corrected chi connectivity index (χ3v) is 4.42. The highest BCUT2D eigenvalue weighted by atomic mass is 79.9. The molecule has 0 spiro atoms. The van der Waals surface area contributed by atoms with E-state index in [4.69, 9.17) is 0 Å². The number of nitrogens with one attached hydrogen (secondary N) is 1. The van der Waals surface area contributed by atoms with Gasteiger partial charge in [0.1, 0.15) is 12.3 Å². The molecule has 0 aromatic heterocycles. The second-order valence-corrected chi connectivity index (χ2v) is 6.57. The number of amides is 3. The highest BCUT2D eigenvalue weighted by Crippen LogP contribution is 2.27. The maximum Gasteiger partial charge on any atom is 0.337 e. The van der Waals surface area contributed by atoms with Crippen LogP contribution in [0.3, 0.4) is 0 Å². The summed E-state index contributed by atoms with van der Waals surface area (Å²) >= 11 is 3.23. The Balaban J connectivity index is 1.73. The van der Waals surface area contributed by atoms with Crippen molar-refractivity contribution in [3.05, 3.63) is 57.6 Å². The molecule has 9 heteroatoms. The average Bonchev–Trinajstić information content (AvgIpc) is 2.87. The number of carbonyl (C=O) groups excluding carboxylic acids is 4. The minimum absolute atomic E-state index is 0.0343. The van der Waals surface area contributed by atoms with Crippen LogP contribution in [-0.4, -0.2) is 47.4 Å². The summed E-state index contributed by atoms with van der Waals surface area (Å²) in [6.07, 6.45) is 0. The van der Waals surface area contributed by atoms with Crippen molar-refractivity contribution in [1.82, 2.24) is 4.90 Å². The molecule has 2 aromatic rings. The summed E-state index contributed by atoms with van der Waals surface area (Å²) in [4.78, 5) is 49.2. The lowest BCUT2D eigenvalue weighted by Crippen LogP contribution is -2.37. The van der Waals surface area contributed by atoms with E-state index in [0.717, 1.165) is 11.0 Å². The molecule has 0 unspecified atom stereocenters. The summed E-state index contributed by atoms with van der Waals surface area (Å²) in [5.74, 6) is -2.80. The fourth-order valence-corrected chi connectivity index (χ4v) is 2.98. The summed E-state index contributed by atoms with van der Waals surface area (Å²) in [7, 11) is 1.20. The number of benzene rings is 2. The first-order chi connectivity index (χ1) is 12.8. The van der Waals surface area contributed by atoms with E-state index in [1.165, 1.54) is 31.4 Å². The Kier molecular flexibility index (Phi) is 4.95. The van der Waals surface area contributed by atoms with Gasteiger partial charge in [-0.15, -0.1) is 0 Å². The van der Waals surface area contributed by atoms with Crippen LogP contribution in [-0.2, 0) is 9.53 Å². The van der Waals surface area contributed by atoms with Crippen LogP contribution < -0.4 is 5.32 Å². The normalized spacial score (nSPS) is 12.7. The highest BCUT2D eigenvalue weighted by molar-refractivity contribution is 9.10. The smallest absolute Gasteiger partial charge is 0.337 e. The number of methoxy groups -OCH3 is 1. The predicted octanol–water partition coefficient (Wildman–Crippen LogP) is 2.18. The lowest BCUT2D eigenvalue weighted by Gasteiger charge is -2.14. The maximum absolute atomic E-state index is 12.4. The Bertz CT molecular complexity index is 988. The number of carbonyl (C=O) groups is 4. The molecule has 0 bridgehead atoms. The molecule has 138 valence electrons. The number of esters is 1. The molecule has 0 aliphatic carbocycles. The van der Waals surface area contributed by atoms with E-state index < -0.39 is 30.2 Å². The Morgan fingerprint density at radius 1 is 1.11 bits per heavy atom. The molecule has 3 rings (SSSR count). The first-order valence-corrected chi connectivity index (χ1v) is 8.48. The predicted molar refractivity (Wildman–Crippen MR) is 97.6 cm³/mol. The van der Waals surface area contributed by atoms with Crippen LogP contribution in [0.15, 0.2) is 40.9 Å². The van der Waals surface area contributed by atoms with Crippen molar-refractivity contribution in [2.24, 2.45) is 0 Å². The fraction of sp³-hybridized carbons (Fsp3) is 0.111. The summed E-state index contributed by atoms with van der Waals surface area (Å²) in [6, 6.07) is 8.48. The number of ether oxygens (including phenoxy) is 1. The molecule has 1 aliphatic rings. The molecule has 8 nitrogen and oxygen atoms in total. The molecule has 1 aliphatic heterocycles. The van der Waals surface area contributed by atoms with Crippen LogP contribution >= 0.6 is 15.9 Å². The maximum atomic E-state index is 12.4. The first kappa shape index (κ1) is 18.6. The zero-order valence-electron chi connectivity index (χ0n) is 14.0. The van der Waals surface area contributed by atoms with Gasteiger partial charge in [0.05, 0.1) is 29.5 Å². The third kappa shape index (κ3) is 3.54.